The van der Waals surface area contributed by atoms with Crippen molar-refractivity contribution in [2.45, 2.75) is 44.9 Å². The molecule has 0 aliphatic carbocycles. The summed E-state index contributed by atoms with van der Waals surface area (Å²) in [6.45, 7) is 6.71. The highest BCUT2D eigenvalue weighted by Crippen LogP contribution is 2.28. The van der Waals surface area contributed by atoms with Crippen LogP contribution < -0.4 is 14.8 Å². The van der Waals surface area contributed by atoms with Crippen molar-refractivity contribution >= 4 is 21.7 Å². The zero-order valence-corrected chi connectivity index (χ0v) is 16.5. The summed E-state index contributed by atoms with van der Waals surface area (Å²) in [6, 6.07) is 6.58. The molecule has 2 rings (SSSR count). The molecule has 7 nitrogen and oxygen atoms in total. The fraction of sp³-hybridized carbons (Fsp3) is 0.444. The Balaban J connectivity index is 2.13. The number of aromatic nitrogens is 2. The van der Waals surface area contributed by atoms with Gasteiger partial charge in [-0.25, -0.2) is 8.42 Å². The monoisotopic (exact) mass is 378 g/mol. The van der Waals surface area contributed by atoms with Gasteiger partial charge in [0.25, 0.3) is 10.0 Å². The molecular formula is C18H26N4O3S. The molecule has 1 aromatic carbocycles. The van der Waals surface area contributed by atoms with E-state index in [0.29, 0.717) is 11.6 Å². The second-order valence-electron chi connectivity index (χ2n) is 6.13. The summed E-state index contributed by atoms with van der Waals surface area (Å²) in [7, 11) is -2.38. The van der Waals surface area contributed by atoms with Gasteiger partial charge in [0, 0.05) is 6.54 Å². The fourth-order valence-corrected chi connectivity index (χ4v) is 3.63. The lowest BCUT2D eigenvalue weighted by Crippen LogP contribution is -2.16. The molecule has 8 heteroatoms. The van der Waals surface area contributed by atoms with Gasteiger partial charge in [0.1, 0.15) is 16.5 Å². The van der Waals surface area contributed by atoms with Gasteiger partial charge in [-0.05, 0) is 55.7 Å². The number of rotatable bonds is 9. The number of hydrogen-bond acceptors (Lipinski definition) is 6. The van der Waals surface area contributed by atoms with E-state index < -0.39 is 10.0 Å². The summed E-state index contributed by atoms with van der Waals surface area (Å²) < 4.78 is 33.1. The highest BCUT2D eigenvalue weighted by Gasteiger charge is 2.21. The van der Waals surface area contributed by atoms with E-state index in [1.165, 1.54) is 7.11 Å². The minimum atomic E-state index is -3.83. The maximum atomic E-state index is 12.7. The topological polar surface area (TPSA) is 93.2 Å². The number of hydrogen-bond donors (Lipinski definition) is 2. The predicted molar refractivity (Wildman–Crippen MR) is 103 cm³/mol. The van der Waals surface area contributed by atoms with Crippen LogP contribution in [0.4, 0.5) is 11.6 Å². The maximum Gasteiger partial charge on any atom is 0.266 e. The highest BCUT2D eigenvalue weighted by atomic mass is 32.2. The second kappa shape index (κ2) is 8.84. The molecule has 26 heavy (non-hydrogen) atoms. The van der Waals surface area contributed by atoms with Crippen LogP contribution in [0.5, 0.6) is 5.75 Å². The van der Waals surface area contributed by atoms with Crippen molar-refractivity contribution in [3.05, 3.63) is 35.4 Å². The van der Waals surface area contributed by atoms with Crippen LogP contribution in [0.2, 0.25) is 0 Å². The fourth-order valence-electron chi connectivity index (χ4n) is 2.40. The minimum absolute atomic E-state index is 0.0756. The van der Waals surface area contributed by atoms with Crippen molar-refractivity contribution in [2.75, 3.05) is 23.7 Å². The van der Waals surface area contributed by atoms with Crippen LogP contribution in [-0.2, 0) is 10.0 Å². The molecule has 0 bridgehead atoms. The molecule has 0 unspecified atom stereocenters. The molecule has 1 heterocycles. The second-order valence-corrected chi connectivity index (χ2v) is 7.78. The van der Waals surface area contributed by atoms with Crippen LogP contribution in [0.25, 0.3) is 0 Å². The summed E-state index contributed by atoms with van der Waals surface area (Å²) in [5, 5.41) is 11.1. The van der Waals surface area contributed by atoms with Crippen LogP contribution in [0, 0.1) is 13.8 Å². The standard InChI is InChI=1S/C18H26N4O3S/c1-5-6-7-10-19-17-8-9-18(21-20-17)22-26(23,24)16-12-14(3)13(2)11-15(16)25-4/h8-9,11-12H,5-7,10H2,1-4H3,(H,19,20)(H,21,22). The van der Waals surface area contributed by atoms with Crippen molar-refractivity contribution < 1.29 is 13.2 Å². The Morgan fingerprint density at radius 2 is 1.69 bits per heavy atom. The minimum Gasteiger partial charge on any atom is -0.495 e. The number of nitrogens with zero attached hydrogens (tertiary/aromatic N) is 2. The number of anilines is 2. The Bertz CT molecular complexity index is 836. The molecule has 0 fully saturated rings. The van der Waals surface area contributed by atoms with Crippen molar-refractivity contribution in [2.24, 2.45) is 0 Å². The number of aryl methyl sites for hydroxylation is 2. The van der Waals surface area contributed by atoms with Gasteiger partial charge in [-0.1, -0.05) is 19.8 Å². The molecule has 0 aliphatic heterocycles. The molecule has 0 radical (unpaired) electrons. The van der Waals surface area contributed by atoms with Crippen molar-refractivity contribution in [3.8, 4) is 5.75 Å². The highest BCUT2D eigenvalue weighted by molar-refractivity contribution is 7.92. The molecule has 0 saturated carbocycles. The van der Waals surface area contributed by atoms with Gasteiger partial charge in [0.2, 0.25) is 0 Å². The molecule has 2 aromatic rings. The molecule has 2 N–H and O–H groups in total. The molecule has 142 valence electrons. The van der Waals surface area contributed by atoms with Gasteiger partial charge >= 0.3 is 0 Å². The summed E-state index contributed by atoms with van der Waals surface area (Å²) in [5.74, 6) is 1.07. The Hall–Kier alpha value is -2.35. The van der Waals surface area contributed by atoms with E-state index in [2.05, 4.69) is 27.2 Å². The lowest BCUT2D eigenvalue weighted by Gasteiger charge is -2.13. The maximum absolute atomic E-state index is 12.7. The van der Waals surface area contributed by atoms with Gasteiger partial charge in [0.05, 0.1) is 7.11 Å². The number of ether oxygens (including phenoxy) is 1. The summed E-state index contributed by atoms with van der Waals surface area (Å²) >= 11 is 0. The van der Waals surface area contributed by atoms with Crippen molar-refractivity contribution in [1.82, 2.24) is 10.2 Å². The van der Waals surface area contributed by atoms with E-state index in [4.69, 9.17) is 4.74 Å². The molecule has 0 spiro atoms. The SMILES string of the molecule is CCCCCNc1ccc(NS(=O)(=O)c2cc(C)c(C)cc2OC)nn1. The Morgan fingerprint density at radius 1 is 1.04 bits per heavy atom. The van der Waals surface area contributed by atoms with E-state index in [0.717, 1.165) is 36.9 Å². The number of benzene rings is 1. The molecule has 0 saturated heterocycles. The Kier molecular flexibility index (Phi) is 6.79. The largest absolute Gasteiger partial charge is 0.495 e. The summed E-state index contributed by atoms with van der Waals surface area (Å²) in [4.78, 5) is 0.0756. The van der Waals surface area contributed by atoms with Crippen molar-refractivity contribution in [3.63, 3.8) is 0 Å². The van der Waals surface area contributed by atoms with Gasteiger partial charge < -0.3 is 10.1 Å². The zero-order valence-electron chi connectivity index (χ0n) is 15.7. The quantitative estimate of drug-likeness (QED) is 0.649. The van der Waals surface area contributed by atoms with E-state index in [1.54, 1.807) is 24.3 Å². The van der Waals surface area contributed by atoms with Gasteiger partial charge in [-0.2, -0.15) is 0 Å². The Morgan fingerprint density at radius 3 is 2.31 bits per heavy atom. The predicted octanol–water partition coefficient (Wildman–Crippen LogP) is 3.50. The third-order valence-electron chi connectivity index (χ3n) is 4.06. The average Bonchev–Trinajstić information content (AvgIpc) is 2.61. The average molecular weight is 378 g/mol. The molecule has 0 aliphatic rings. The van der Waals surface area contributed by atoms with Crippen LogP contribution in [0.15, 0.2) is 29.2 Å². The summed E-state index contributed by atoms with van der Waals surface area (Å²) in [6.07, 6.45) is 3.35. The van der Waals surface area contributed by atoms with E-state index in [9.17, 15) is 8.42 Å². The zero-order chi connectivity index (χ0) is 19.2. The van der Waals surface area contributed by atoms with Crippen molar-refractivity contribution in [1.29, 1.82) is 0 Å². The Labute approximate surface area is 155 Å². The first kappa shape index (κ1) is 20.0. The lowest BCUT2D eigenvalue weighted by molar-refractivity contribution is 0.402. The lowest BCUT2D eigenvalue weighted by atomic mass is 10.1. The number of sulfonamides is 1. The number of unbranched alkanes of at least 4 members (excludes halogenated alkanes) is 2. The number of methoxy groups -OCH3 is 1. The molecular weight excluding hydrogens is 352 g/mol. The van der Waals surface area contributed by atoms with Crippen LogP contribution >= 0.6 is 0 Å². The van der Waals surface area contributed by atoms with Gasteiger partial charge in [-0.3, -0.25) is 4.72 Å². The first-order valence-electron chi connectivity index (χ1n) is 8.63. The van der Waals surface area contributed by atoms with Gasteiger partial charge in [-0.15, -0.1) is 10.2 Å². The van der Waals surface area contributed by atoms with Crippen LogP contribution in [-0.4, -0.2) is 32.3 Å². The smallest absolute Gasteiger partial charge is 0.266 e. The summed E-state index contributed by atoms with van der Waals surface area (Å²) in [5.41, 5.74) is 1.82. The first-order valence-corrected chi connectivity index (χ1v) is 10.1. The van der Waals surface area contributed by atoms with Crippen LogP contribution in [0.3, 0.4) is 0 Å². The number of nitrogens with one attached hydrogen (secondary N) is 2. The third-order valence-corrected chi connectivity index (χ3v) is 5.44. The molecule has 0 amide bonds. The van der Waals surface area contributed by atoms with Crippen LogP contribution in [0.1, 0.15) is 37.3 Å². The normalized spacial score (nSPS) is 11.2. The van der Waals surface area contributed by atoms with E-state index in [-0.39, 0.29) is 10.7 Å². The van der Waals surface area contributed by atoms with Gasteiger partial charge in [0.15, 0.2) is 5.82 Å². The third kappa shape index (κ3) is 5.08. The molecule has 0 atom stereocenters. The van der Waals surface area contributed by atoms with E-state index in [1.807, 2.05) is 13.8 Å². The molecule has 1 aromatic heterocycles. The van der Waals surface area contributed by atoms with E-state index >= 15 is 0 Å². The first-order chi connectivity index (χ1) is 12.4.